The van der Waals surface area contributed by atoms with Gasteiger partial charge in [-0.2, -0.15) is 0 Å². The zero-order valence-corrected chi connectivity index (χ0v) is 12.9. The molecular formula is C20H19NO2. The van der Waals surface area contributed by atoms with Crippen molar-refractivity contribution >= 4 is 17.5 Å². The Morgan fingerprint density at radius 3 is 1.78 bits per heavy atom. The lowest BCUT2D eigenvalue weighted by atomic mass is 9.81. The molecule has 1 saturated heterocycles. The maximum Gasteiger partial charge on any atom is 0.237 e. The number of fused-ring (bicyclic) bond motifs is 1. The molecule has 2 atom stereocenters. The van der Waals surface area contributed by atoms with E-state index in [9.17, 15) is 9.59 Å². The standard InChI is InChI=1S/C20H19NO2/c22-19-17-8-4-5-9-18(17)20(23)21(19)16-12-10-15(11-13-16)14-6-2-1-3-7-14/h1-3,6-7,10-13,17-18H,4-5,8-9H2/t17-,18+. The summed E-state index contributed by atoms with van der Waals surface area (Å²) in [4.78, 5) is 26.6. The van der Waals surface area contributed by atoms with E-state index in [0.29, 0.717) is 5.69 Å². The minimum absolute atomic E-state index is 0.00726. The third kappa shape index (κ3) is 2.37. The number of carbonyl (C=O) groups is 2. The van der Waals surface area contributed by atoms with Crippen molar-refractivity contribution in [2.75, 3.05) is 4.90 Å². The molecule has 3 nitrogen and oxygen atoms in total. The van der Waals surface area contributed by atoms with Crippen molar-refractivity contribution in [1.29, 1.82) is 0 Å². The molecule has 2 aromatic rings. The highest BCUT2D eigenvalue weighted by Crippen LogP contribution is 2.40. The van der Waals surface area contributed by atoms with Crippen molar-refractivity contribution < 1.29 is 9.59 Å². The summed E-state index contributed by atoms with van der Waals surface area (Å²) in [5.41, 5.74) is 2.92. The Bertz CT molecular complexity index is 712. The van der Waals surface area contributed by atoms with Gasteiger partial charge < -0.3 is 0 Å². The van der Waals surface area contributed by atoms with Crippen LogP contribution in [0, 0.1) is 11.8 Å². The molecule has 2 amide bonds. The van der Waals surface area contributed by atoms with Gasteiger partial charge in [-0.25, -0.2) is 0 Å². The number of benzene rings is 2. The summed E-state index contributed by atoms with van der Waals surface area (Å²) in [6, 6.07) is 17.8. The normalized spacial score (nSPS) is 23.9. The highest BCUT2D eigenvalue weighted by Gasteiger charge is 2.48. The fourth-order valence-corrected chi connectivity index (χ4v) is 3.85. The monoisotopic (exact) mass is 305 g/mol. The molecule has 0 bridgehead atoms. The maximum atomic E-state index is 12.6. The van der Waals surface area contributed by atoms with E-state index in [0.717, 1.165) is 36.8 Å². The molecule has 0 radical (unpaired) electrons. The lowest BCUT2D eigenvalue weighted by molar-refractivity contribution is -0.122. The van der Waals surface area contributed by atoms with Gasteiger partial charge in [0.2, 0.25) is 11.8 Å². The van der Waals surface area contributed by atoms with Crippen LogP contribution in [0.4, 0.5) is 5.69 Å². The first-order valence-electron chi connectivity index (χ1n) is 8.29. The SMILES string of the molecule is O=C1[C@H]2CCCC[C@H]2C(=O)N1c1ccc(-c2ccccc2)cc1. The van der Waals surface area contributed by atoms with Crippen molar-refractivity contribution in [2.45, 2.75) is 25.7 Å². The Morgan fingerprint density at radius 2 is 1.22 bits per heavy atom. The molecule has 1 heterocycles. The molecule has 0 unspecified atom stereocenters. The van der Waals surface area contributed by atoms with Crippen molar-refractivity contribution in [2.24, 2.45) is 11.8 Å². The van der Waals surface area contributed by atoms with Crippen LogP contribution < -0.4 is 4.90 Å². The summed E-state index contributed by atoms with van der Waals surface area (Å²) in [5.74, 6) is -0.200. The second-order valence-electron chi connectivity index (χ2n) is 6.42. The molecule has 4 rings (SSSR count). The Kier molecular flexibility index (Phi) is 3.49. The number of rotatable bonds is 2. The predicted molar refractivity (Wildman–Crippen MR) is 89.8 cm³/mol. The topological polar surface area (TPSA) is 37.4 Å². The number of carbonyl (C=O) groups excluding carboxylic acids is 2. The molecule has 0 aromatic heterocycles. The van der Waals surface area contributed by atoms with Gasteiger partial charge in [0.1, 0.15) is 0 Å². The van der Waals surface area contributed by atoms with Crippen LogP contribution in [0.25, 0.3) is 11.1 Å². The van der Waals surface area contributed by atoms with Crippen LogP contribution in [0.15, 0.2) is 54.6 Å². The molecule has 0 N–H and O–H groups in total. The molecule has 3 heteroatoms. The summed E-state index contributed by atoms with van der Waals surface area (Å²) < 4.78 is 0. The third-order valence-electron chi connectivity index (χ3n) is 5.07. The van der Waals surface area contributed by atoms with Crippen molar-refractivity contribution in [3.8, 4) is 11.1 Å². The van der Waals surface area contributed by atoms with E-state index in [1.54, 1.807) is 0 Å². The van der Waals surface area contributed by atoms with Gasteiger partial charge in [0.15, 0.2) is 0 Å². The highest BCUT2D eigenvalue weighted by atomic mass is 16.2. The first-order valence-corrected chi connectivity index (χ1v) is 8.29. The van der Waals surface area contributed by atoms with Crippen LogP contribution >= 0.6 is 0 Å². The first kappa shape index (κ1) is 14.2. The van der Waals surface area contributed by atoms with Crippen LogP contribution in [0.3, 0.4) is 0 Å². The maximum absolute atomic E-state index is 12.6. The summed E-state index contributed by atoms with van der Waals surface area (Å²) in [5, 5.41) is 0. The molecule has 1 aliphatic carbocycles. The van der Waals surface area contributed by atoms with E-state index in [2.05, 4.69) is 12.1 Å². The van der Waals surface area contributed by atoms with Crippen LogP contribution in [0.1, 0.15) is 25.7 Å². The lowest BCUT2D eigenvalue weighted by Gasteiger charge is -2.19. The van der Waals surface area contributed by atoms with Gasteiger partial charge in [0.25, 0.3) is 0 Å². The Labute approximate surface area is 135 Å². The smallest absolute Gasteiger partial charge is 0.237 e. The number of amides is 2. The van der Waals surface area contributed by atoms with Gasteiger partial charge in [-0.05, 0) is 36.1 Å². The van der Waals surface area contributed by atoms with Gasteiger partial charge in [0.05, 0.1) is 17.5 Å². The number of nitrogens with zero attached hydrogens (tertiary/aromatic N) is 1. The second kappa shape index (κ2) is 5.65. The average molecular weight is 305 g/mol. The Morgan fingerprint density at radius 1 is 0.696 bits per heavy atom. The predicted octanol–water partition coefficient (Wildman–Crippen LogP) is 4.03. The molecule has 0 spiro atoms. The molecule has 1 aliphatic heterocycles. The van der Waals surface area contributed by atoms with Gasteiger partial charge in [-0.3, -0.25) is 14.5 Å². The van der Waals surface area contributed by atoms with E-state index in [1.165, 1.54) is 4.90 Å². The first-order chi connectivity index (χ1) is 11.3. The Hall–Kier alpha value is -2.42. The van der Waals surface area contributed by atoms with Gasteiger partial charge in [0, 0.05) is 0 Å². The highest BCUT2D eigenvalue weighted by molar-refractivity contribution is 6.22. The van der Waals surface area contributed by atoms with E-state index in [4.69, 9.17) is 0 Å². The van der Waals surface area contributed by atoms with E-state index < -0.39 is 0 Å². The summed E-state index contributed by atoms with van der Waals surface area (Å²) in [6.45, 7) is 0. The van der Waals surface area contributed by atoms with E-state index in [-0.39, 0.29) is 23.7 Å². The van der Waals surface area contributed by atoms with Crippen molar-refractivity contribution in [3.63, 3.8) is 0 Å². The van der Waals surface area contributed by atoms with Gasteiger partial charge >= 0.3 is 0 Å². The Balaban J connectivity index is 1.63. The lowest BCUT2D eigenvalue weighted by Crippen LogP contribution is -2.30. The number of imide groups is 1. The van der Waals surface area contributed by atoms with Crippen LogP contribution in [0.2, 0.25) is 0 Å². The fraction of sp³-hybridized carbons (Fsp3) is 0.300. The van der Waals surface area contributed by atoms with E-state index >= 15 is 0 Å². The molecule has 116 valence electrons. The van der Waals surface area contributed by atoms with Crippen LogP contribution in [-0.2, 0) is 9.59 Å². The minimum atomic E-state index is -0.0925. The number of hydrogen-bond donors (Lipinski definition) is 0. The molecular weight excluding hydrogens is 286 g/mol. The molecule has 1 saturated carbocycles. The van der Waals surface area contributed by atoms with Gasteiger partial charge in [-0.1, -0.05) is 55.3 Å². The number of anilines is 1. The van der Waals surface area contributed by atoms with E-state index in [1.807, 2.05) is 42.5 Å². The summed E-state index contributed by atoms with van der Waals surface area (Å²) >= 11 is 0. The summed E-state index contributed by atoms with van der Waals surface area (Å²) in [6.07, 6.45) is 3.82. The van der Waals surface area contributed by atoms with Crippen LogP contribution in [0.5, 0.6) is 0 Å². The largest absolute Gasteiger partial charge is 0.274 e. The van der Waals surface area contributed by atoms with Gasteiger partial charge in [-0.15, -0.1) is 0 Å². The third-order valence-corrected chi connectivity index (χ3v) is 5.07. The van der Waals surface area contributed by atoms with Crippen molar-refractivity contribution in [1.82, 2.24) is 0 Å². The summed E-state index contributed by atoms with van der Waals surface area (Å²) in [7, 11) is 0. The molecule has 2 aliphatic rings. The molecule has 2 aromatic carbocycles. The fourth-order valence-electron chi connectivity index (χ4n) is 3.85. The zero-order valence-electron chi connectivity index (χ0n) is 12.9. The minimum Gasteiger partial charge on any atom is -0.274 e. The molecule has 23 heavy (non-hydrogen) atoms. The molecule has 2 fully saturated rings. The number of hydrogen-bond acceptors (Lipinski definition) is 2. The van der Waals surface area contributed by atoms with Crippen LogP contribution in [-0.4, -0.2) is 11.8 Å². The second-order valence-corrected chi connectivity index (χ2v) is 6.42. The zero-order chi connectivity index (χ0) is 15.8. The quantitative estimate of drug-likeness (QED) is 0.785. The average Bonchev–Trinajstić information content (AvgIpc) is 2.87. The van der Waals surface area contributed by atoms with Crippen molar-refractivity contribution in [3.05, 3.63) is 54.6 Å².